The Labute approximate surface area is 162 Å². The van der Waals surface area contributed by atoms with Gasteiger partial charge in [0.25, 0.3) is 11.8 Å². The molecule has 3 rings (SSSR count). The molecule has 0 radical (unpaired) electrons. The second-order valence-corrected chi connectivity index (χ2v) is 6.63. The number of rotatable bonds is 4. The van der Waals surface area contributed by atoms with Gasteiger partial charge >= 0.3 is 0 Å². The van der Waals surface area contributed by atoms with Crippen LogP contribution in [0, 0.1) is 5.82 Å². The lowest BCUT2D eigenvalue weighted by molar-refractivity contribution is -0.133. The molecule has 1 fully saturated rings. The maximum absolute atomic E-state index is 13.9. The van der Waals surface area contributed by atoms with Gasteiger partial charge in [0.1, 0.15) is 11.6 Å². The van der Waals surface area contributed by atoms with Gasteiger partial charge in [0, 0.05) is 26.2 Å². The van der Waals surface area contributed by atoms with Crippen molar-refractivity contribution in [2.45, 2.75) is 6.42 Å². The first-order valence-electron chi connectivity index (χ1n) is 8.75. The monoisotopic (exact) mass is 390 g/mol. The van der Waals surface area contributed by atoms with Crippen LogP contribution in [0.2, 0.25) is 5.02 Å². The number of ether oxygens (including phenoxy) is 1. The second kappa shape index (κ2) is 8.86. The third kappa shape index (κ3) is 4.77. The van der Waals surface area contributed by atoms with Gasteiger partial charge in [-0.1, -0.05) is 35.9 Å². The van der Waals surface area contributed by atoms with Gasteiger partial charge in [0.05, 0.1) is 10.6 Å². The molecule has 142 valence electrons. The third-order valence-corrected chi connectivity index (χ3v) is 4.74. The van der Waals surface area contributed by atoms with Crippen molar-refractivity contribution in [2.75, 3.05) is 32.8 Å². The Morgan fingerprint density at radius 3 is 2.41 bits per heavy atom. The van der Waals surface area contributed by atoms with Gasteiger partial charge in [-0.25, -0.2) is 4.39 Å². The van der Waals surface area contributed by atoms with E-state index in [-0.39, 0.29) is 24.0 Å². The largest absolute Gasteiger partial charge is 0.482 e. The maximum atomic E-state index is 13.9. The zero-order chi connectivity index (χ0) is 19.2. The van der Waals surface area contributed by atoms with Gasteiger partial charge in [-0.15, -0.1) is 0 Å². The van der Waals surface area contributed by atoms with Crippen LogP contribution in [0.5, 0.6) is 5.75 Å². The summed E-state index contributed by atoms with van der Waals surface area (Å²) in [6.07, 6.45) is 0.623. The normalized spacial score (nSPS) is 14.6. The summed E-state index contributed by atoms with van der Waals surface area (Å²) in [7, 11) is 0. The minimum atomic E-state index is -0.534. The number of amides is 2. The Hall–Kier alpha value is -2.60. The summed E-state index contributed by atoms with van der Waals surface area (Å²) in [5.41, 5.74) is 0.0549. The molecular weight excluding hydrogens is 371 g/mol. The zero-order valence-electron chi connectivity index (χ0n) is 14.7. The summed E-state index contributed by atoms with van der Waals surface area (Å²) in [5, 5.41) is 0.447. The van der Waals surface area contributed by atoms with Crippen molar-refractivity contribution >= 4 is 23.4 Å². The molecule has 2 aromatic rings. The van der Waals surface area contributed by atoms with Crippen LogP contribution >= 0.6 is 11.6 Å². The summed E-state index contributed by atoms with van der Waals surface area (Å²) in [4.78, 5) is 28.2. The van der Waals surface area contributed by atoms with Gasteiger partial charge in [0.2, 0.25) is 0 Å². The van der Waals surface area contributed by atoms with E-state index >= 15 is 0 Å². The van der Waals surface area contributed by atoms with E-state index in [1.54, 1.807) is 46.2 Å². The molecule has 1 aliphatic heterocycles. The van der Waals surface area contributed by atoms with Crippen molar-refractivity contribution in [3.8, 4) is 5.75 Å². The first kappa shape index (κ1) is 19.2. The number of nitrogens with zero attached hydrogens (tertiary/aromatic N) is 2. The minimum absolute atomic E-state index is 0.0549. The van der Waals surface area contributed by atoms with Crippen LogP contribution in [0.3, 0.4) is 0 Å². The number of hydrogen-bond acceptors (Lipinski definition) is 3. The Bertz CT molecular complexity index is 830. The number of hydrogen-bond donors (Lipinski definition) is 0. The van der Waals surface area contributed by atoms with Crippen molar-refractivity contribution in [3.63, 3.8) is 0 Å². The summed E-state index contributed by atoms with van der Waals surface area (Å²) >= 11 is 6.02. The Balaban J connectivity index is 1.56. The van der Waals surface area contributed by atoms with E-state index in [0.29, 0.717) is 43.4 Å². The minimum Gasteiger partial charge on any atom is -0.482 e. The van der Waals surface area contributed by atoms with Crippen molar-refractivity contribution in [1.82, 2.24) is 9.80 Å². The van der Waals surface area contributed by atoms with Crippen LogP contribution < -0.4 is 4.74 Å². The highest BCUT2D eigenvalue weighted by molar-refractivity contribution is 6.32. The molecule has 2 amide bonds. The number of benzene rings is 2. The second-order valence-electron chi connectivity index (χ2n) is 6.23. The molecule has 0 saturated carbocycles. The molecule has 0 aliphatic carbocycles. The van der Waals surface area contributed by atoms with Crippen LogP contribution in [0.25, 0.3) is 0 Å². The smallest absolute Gasteiger partial charge is 0.260 e. The summed E-state index contributed by atoms with van der Waals surface area (Å²) < 4.78 is 19.4. The fourth-order valence-corrected chi connectivity index (χ4v) is 3.16. The van der Waals surface area contributed by atoms with E-state index in [2.05, 4.69) is 0 Å². The maximum Gasteiger partial charge on any atom is 0.260 e. The van der Waals surface area contributed by atoms with E-state index in [0.717, 1.165) is 0 Å². The zero-order valence-corrected chi connectivity index (χ0v) is 15.5. The average Bonchev–Trinajstić information content (AvgIpc) is 2.93. The Morgan fingerprint density at radius 2 is 1.63 bits per heavy atom. The van der Waals surface area contributed by atoms with Crippen LogP contribution in [0.1, 0.15) is 16.8 Å². The van der Waals surface area contributed by atoms with E-state index in [1.165, 1.54) is 12.1 Å². The van der Waals surface area contributed by atoms with Gasteiger partial charge in [-0.2, -0.15) is 0 Å². The highest BCUT2D eigenvalue weighted by atomic mass is 35.5. The lowest BCUT2D eigenvalue weighted by Gasteiger charge is -2.22. The van der Waals surface area contributed by atoms with E-state index < -0.39 is 5.82 Å². The summed E-state index contributed by atoms with van der Waals surface area (Å²) in [5.74, 6) is -0.601. The highest BCUT2D eigenvalue weighted by Crippen LogP contribution is 2.23. The van der Waals surface area contributed by atoms with E-state index in [9.17, 15) is 14.0 Å². The number of carbonyl (C=O) groups excluding carboxylic acids is 2. The molecule has 0 spiro atoms. The number of carbonyl (C=O) groups is 2. The lowest BCUT2D eigenvalue weighted by Crippen LogP contribution is -2.39. The molecule has 0 aromatic heterocycles. The molecule has 0 unspecified atom stereocenters. The SMILES string of the molecule is O=C(COc1ccccc1Cl)N1CCCN(C(=O)c2ccccc2F)CC1. The number of para-hydroxylation sites is 1. The molecule has 1 saturated heterocycles. The molecule has 1 aliphatic rings. The van der Waals surface area contributed by atoms with Crippen molar-refractivity contribution < 1.29 is 18.7 Å². The summed E-state index contributed by atoms with van der Waals surface area (Å²) in [6, 6.07) is 12.9. The molecule has 0 N–H and O–H groups in total. The molecule has 0 atom stereocenters. The predicted octanol–water partition coefficient (Wildman–Crippen LogP) is 3.23. The van der Waals surface area contributed by atoms with Crippen LogP contribution in [-0.2, 0) is 4.79 Å². The average molecular weight is 391 g/mol. The summed E-state index contributed by atoms with van der Waals surface area (Å²) in [6.45, 7) is 1.61. The molecule has 2 aromatic carbocycles. The van der Waals surface area contributed by atoms with Crippen LogP contribution in [0.15, 0.2) is 48.5 Å². The molecule has 1 heterocycles. The standard InChI is InChI=1S/C20H20ClFN2O3/c21-16-7-2-4-9-18(16)27-14-19(25)23-10-5-11-24(13-12-23)20(26)15-6-1-3-8-17(15)22/h1-4,6-9H,5,10-14H2. The van der Waals surface area contributed by atoms with Crippen molar-refractivity contribution in [1.29, 1.82) is 0 Å². The van der Waals surface area contributed by atoms with Gasteiger partial charge in [-0.3, -0.25) is 9.59 Å². The van der Waals surface area contributed by atoms with Gasteiger partial charge in [-0.05, 0) is 30.7 Å². The molecule has 7 heteroatoms. The molecular formula is C20H20ClFN2O3. The van der Waals surface area contributed by atoms with Crippen molar-refractivity contribution in [3.05, 3.63) is 64.9 Å². The third-order valence-electron chi connectivity index (χ3n) is 4.43. The fourth-order valence-electron chi connectivity index (χ4n) is 2.97. The molecule has 0 bridgehead atoms. The lowest BCUT2D eigenvalue weighted by atomic mass is 10.2. The predicted molar refractivity (Wildman–Crippen MR) is 100 cm³/mol. The van der Waals surface area contributed by atoms with E-state index in [4.69, 9.17) is 16.3 Å². The highest BCUT2D eigenvalue weighted by Gasteiger charge is 2.24. The molecule has 5 nitrogen and oxygen atoms in total. The first-order chi connectivity index (χ1) is 13.1. The first-order valence-corrected chi connectivity index (χ1v) is 9.13. The Kier molecular flexibility index (Phi) is 6.29. The fraction of sp³-hybridized carbons (Fsp3) is 0.300. The number of halogens is 2. The van der Waals surface area contributed by atoms with Gasteiger partial charge in [0.15, 0.2) is 6.61 Å². The van der Waals surface area contributed by atoms with Crippen LogP contribution in [-0.4, -0.2) is 54.4 Å². The van der Waals surface area contributed by atoms with Crippen molar-refractivity contribution in [2.24, 2.45) is 0 Å². The topological polar surface area (TPSA) is 49.9 Å². The molecule has 27 heavy (non-hydrogen) atoms. The Morgan fingerprint density at radius 1 is 0.963 bits per heavy atom. The quantitative estimate of drug-likeness (QED) is 0.805. The van der Waals surface area contributed by atoms with Crippen LogP contribution in [0.4, 0.5) is 4.39 Å². The van der Waals surface area contributed by atoms with E-state index in [1.807, 2.05) is 0 Å². The van der Waals surface area contributed by atoms with Gasteiger partial charge < -0.3 is 14.5 Å².